The number of halogens is 1. The van der Waals surface area contributed by atoms with E-state index in [0.29, 0.717) is 35.8 Å². The fourth-order valence-corrected chi connectivity index (χ4v) is 2.80. The highest BCUT2D eigenvalue weighted by molar-refractivity contribution is 14.1. The van der Waals surface area contributed by atoms with Gasteiger partial charge in [0, 0.05) is 16.5 Å². The van der Waals surface area contributed by atoms with Gasteiger partial charge in [-0.3, -0.25) is 0 Å². The van der Waals surface area contributed by atoms with E-state index in [1.165, 1.54) is 3.57 Å². The number of fused-ring (bicyclic) bond motifs is 1. The fourth-order valence-electron chi connectivity index (χ4n) is 2.19. The molecule has 108 valence electrons. The molecule has 0 bridgehead atoms. The van der Waals surface area contributed by atoms with Gasteiger partial charge in [0.05, 0.1) is 12.9 Å². The molecular weight excluding hydrogens is 381 g/mol. The predicted molar refractivity (Wildman–Crippen MR) is 88.8 cm³/mol. The SMILES string of the molecule is Nc1nc(Cc2cccc(I)c2)nc2c1ncn2CCO. The normalized spacial score (nSPS) is 11.1. The maximum Gasteiger partial charge on any atom is 0.165 e. The van der Waals surface area contributed by atoms with Gasteiger partial charge in [-0.2, -0.15) is 0 Å². The average molecular weight is 395 g/mol. The van der Waals surface area contributed by atoms with Crippen LogP contribution in [0.25, 0.3) is 11.2 Å². The number of nitrogens with two attached hydrogens (primary N) is 1. The molecule has 0 amide bonds. The molecule has 0 fully saturated rings. The zero-order valence-electron chi connectivity index (χ0n) is 11.2. The highest BCUT2D eigenvalue weighted by Gasteiger charge is 2.11. The molecule has 0 aliphatic rings. The van der Waals surface area contributed by atoms with E-state index in [0.717, 1.165) is 5.56 Å². The summed E-state index contributed by atoms with van der Waals surface area (Å²) in [6.45, 7) is 0.469. The van der Waals surface area contributed by atoms with Crippen LogP contribution in [0.4, 0.5) is 5.82 Å². The van der Waals surface area contributed by atoms with Crippen molar-refractivity contribution in [2.24, 2.45) is 0 Å². The van der Waals surface area contributed by atoms with E-state index in [2.05, 4.69) is 43.6 Å². The number of nitrogen functional groups attached to an aromatic ring is 1. The lowest BCUT2D eigenvalue weighted by molar-refractivity contribution is 0.277. The largest absolute Gasteiger partial charge is 0.395 e. The van der Waals surface area contributed by atoms with Crippen molar-refractivity contribution in [3.05, 3.63) is 45.6 Å². The van der Waals surface area contributed by atoms with Crippen LogP contribution in [0.1, 0.15) is 11.4 Å². The van der Waals surface area contributed by atoms with Crippen LogP contribution in [0, 0.1) is 3.57 Å². The van der Waals surface area contributed by atoms with Gasteiger partial charge in [0.1, 0.15) is 11.3 Å². The minimum Gasteiger partial charge on any atom is -0.395 e. The number of anilines is 1. The molecule has 6 nitrogen and oxygen atoms in total. The minimum atomic E-state index is 0.0293. The monoisotopic (exact) mass is 395 g/mol. The van der Waals surface area contributed by atoms with Gasteiger partial charge in [-0.1, -0.05) is 12.1 Å². The number of benzene rings is 1. The van der Waals surface area contributed by atoms with Crippen molar-refractivity contribution >= 4 is 39.6 Å². The molecule has 3 rings (SSSR count). The van der Waals surface area contributed by atoms with Crippen LogP contribution >= 0.6 is 22.6 Å². The first-order valence-electron chi connectivity index (χ1n) is 6.50. The van der Waals surface area contributed by atoms with Crippen LogP contribution in [-0.2, 0) is 13.0 Å². The van der Waals surface area contributed by atoms with E-state index >= 15 is 0 Å². The van der Waals surface area contributed by atoms with Gasteiger partial charge >= 0.3 is 0 Å². The topological polar surface area (TPSA) is 89.9 Å². The lowest BCUT2D eigenvalue weighted by Gasteiger charge is -2.05. The van der Waals surface area contributed by atoms with Crippen molar-refractivity contribution < 1.29 is 5.11 Å². The van der Waals surface area contributed by atoms with Crippen LogP contribution in [-0.4, -0.2) is 31.2 Å². The van der Waals surface area contributed by atoms with E-state index in [4.69, 9.17) is 10.8 Å². The molecule has 1 aromatic carbocycles. The smallest absolute Gasteiger partial charge is 0.165 e. The van der Waals surface area contributed by atoms with Gasteiger partial charge in [0.15, 0.2) is 11.5 Å². The minimum absolute atomic E-state index is 0.0293. The molecule has 3 aromatic rings. The summed E-state index contributed by atoms with van der Waals surface area (Å²) in [5, 5.41) is 9.08. The average Bonchev–Trinajstić information content (AvgIpc) is 2.83. The third kappa shape index (κ3) is 2.98. The number of nitrogens with zero attached hydrogens (tertiary/aromatic N) is 4. The first kappa shape index (κ1) is 14.2. The highest BCUT2D eigenvalue weighted by atomic mass is 127. The summed E-state index contributed by atoms with van der Waals surface area (Å²) in [6, 6.07) is 8.18. The third-order valence-electron chi connectivity index (χ3n) is 3.13. The number of aromatic nitrogens is 4. The van der Waals surface area contributed by atoms with Gasteiger partial charge in [-0.15, -0.1) is 0 Å². The molecule has 7 heteroatoms. The molecule has 2 heterocycles. The fraction of sp³-hybridized carbons (Fsp3) is 0.214. The Kier molecular flexibility index (Phi) is 4.02. The Bertz CT molecular complexity index is 786. The Hall–Kier alpha value is -1.74. The molecule has 3 N–H and O–H groups in total. The van der Waals surface area contributed by atoms with Crippen LogP contribution in [0.3, 0.4) is 0 Å². The van der Waals surface area contributed by atoms with Crippen molar-refractivity contribution in [1.82, 2.24) is 19.5 Å². The summed E-state index contributed by atoms with van der Waals surface area (Å²) in [5.74, 6) is 1.03. The second-order valence-electron chi connectivity index (χ2n) is 4.67. The van der Waals surface area contributed by atoms with Gasteiger partial charge < -0.3 is 15.4 Å². The molecule has 21 heavy (non-hydrogen) atoms. The van der Waals surface area contributed by atoms with Crippen molar-refractivity contribution in [1.29, 1.82) is 0 Å². The Morgan fingerprint density at radius 3 is 2.90 bits per heavy atom. The van der Waals surface area contributed by atoms with Crippen LogP contribution < -0.4 is 5.73 Å². The maximum atomic E-state index is 9.08. The quantitative estimate of drug-likeness (QED) is 0.655. The Morgan fingerprint density at radius 2 is 2.14 bits per heavy atom. The lowest BCUT2D eigenvalue weighted by Crippen LogP contribution is -2.06. The summed E-state index contributed by atoms with van der Waals surface area (Å²) in [5.41, 5.74) is 8.33. The van der Waals surface area contributed by atoms with Crippen LogP contribution in [0.2, 0.25) is 0 Å². The lowest BCUT2D eigenvalue weighted by atomic mass is 10.1. The molecular formula is C14H14IN5O. The van der Waals surface area contributed by atoms with Gasteiger partial charge in [0.2, 0.25) is 0 Å². The number of aliphatic hydroxyl groups excluding tert-OH is 1. The summed E-state index contributed by atoms with van der Waals surface area (Å²) < 4.78 is 2.95. The summed E-state index contributed by atoms with van der Waals surface area (Å²) in [7, 11) is 0. The standard InChI is InChI=1S/C14H14IN5O/c15-10-3-1-2-9(6-10)7-11-18-13(16)12-14(19-11)20(4-5-21)8-17-12/h1-3,6,8,21H,4-5,7H2,(H2,16,18,19). The Balaban J connectivity index is 2.00. The number of hydrogen-bond acceptors (Lipinski definition) is 5. The molecule has 0 atom stereocenters. The summed E-state index contributed by atoms with van der Waals surface area (Å²) in [6.07, 6.45) is 2.24. The highest BCUT2D eigenvalue weighted by Crippen LogP contribution is 2.18. The van der Waals surface area contributed by atoms with E-state index in [1.807, 2.05) is 18.2 Å². The predicted octanol–water partition coefficient (Wildman–Crippen LogP) is 1.60. The van der Waals surface area contributed by atoms with Gasteiger partial charge in [-0.25, -0.2) is 15.0 Å². The van der Waals surface area contributed by atoms with Gasteiger partial charge in [-0.05, 0) is 40.3 Å². The molecule has 0 saturated carbocycles. The van der Waals surface area contributed by atoms with Crippen LogP contribution in [0.5, 0.6) is 0 Å². The maximum absolute atomic E-state index is 9.08. The van der Waals surface area contributed by atoms with Gasteiger partial charge in [0.25, 0.3) is 0 Å². The number of hydrogen-bond donors (Lipinski definition) is 2. The third-order valence-corrected chi connectivity index (χ3v) is 3.80. The summed E-state index contributed by atoms with van der Waals surface area (Å²) >= 11 is 2.28. The number of aliphatic hydroxyl groups is 1. The molecule has 0 spiro atoms. The summed E-state index contributed by atoms with van der Waals surface area (Å²) in [4.78, 5) is 13.1. The van der Waals surface area contributed by atoms with Crippen LogP contribution in [0.15, 0.2) is 30.6 Å². The molecule has 0 saturated heterocycles. The second-order valence-corrected chi connectivity index (χ2v) is 5.91. The Labute approximate surface area is 135 Å². The molecule has 0 unspecified atom stereocenters. The first-order valence-corrected chi connectivity index (χ1v) is 7.58. The molecule has 2 aromatic heterocycles. The second kappa shape index (κ2) is 5.94. The molecule has 0 aliphatic heterocycles. The van der Waals surface area contributed by atoms with Crippen molar-refractivity contribution in [3.63, 3.8) is 0 Å². The number of imidazole rings is 1. The van der Waals surface area contributed by atoms with E-state index < -0.39 is 0 Å². The first-order chi connectivity index (χ1) is 10.2. The van der Waals surface area contributed by atoms with E-state index in [-0.39, 0.29) is 6.61 Å². The van der Waals surface area contributed by atoms with Crippen molar-refractivity contribution in [2.45, 2.75) is 13.0 Å². The van der Waals surface area contributed by atoms with Crippen molar-refractivity contribution in [3.8, 4) is 0 Å². The van der Waals surface area contributed by atoms with E-state index in [1.54, 1.807) is 10.9 Å². The Morgan fingerprint density at radius 1 is 1.29 bits per heavy atom. The zero-order chi connectivity index (χ0) is 14.8. The van der Waals surface area contributed by atoms with Crippen molar-refractivity contribution in [2.75, 3.05) is 12.3 Å². The van der Waals surface area contributed by atoms with E-state index in [9.17, 15) is 0 Å². The molecule has 0 aliphatic carbocycles. The zero-order valence-corrected chi connectivity index (χ0v) is 13.4. The molecule has 0 radical (unpaired) electrons. The number of rotatable bonds is 4.